The summed E-state index contributed by atoms with van der Waals surface area (Å²) >= 11 is 0. The quantitative estimate of drug-likeness (QED) is 0.164. The van der Waals surface area contributed by atoms with Crippen molar-refractivity contribution in [2.75, 3.05) is 6.61 Å². The van der Waals surface area contributed by atoms with Crippen LogP contribution in [0.4, 0.5) is 0 Å². The van der Waals surface area contributed by atoms with Crippen LogP contribution >= 0.6 is 0 Å². The second-order valence-electron chi connectivity index (χ2n) is 19.3. The van der Waals surface area contributed by atoms with Gasteiger partial charge in [-0.15, -0.1) is 0 Å². The molecular weight excluding hydrogens is 696 g/mol. The fourth-order valence-corrected chi connectivity index (χ4v) is 13.1. The van der Waals surface area contributed by atoms with Gasteiger partial charge in [0.1, 0.15) is 18.3 Å². The van der Waals surface area contributed by atoms with Gasteiger partial charge in [0.15, 0.2) is 25.2 Å². The summed E-state index contributed by atoms with van der Waals surface area (Å²) < 4.78 is 48.8. The Labute approximate surface area is 320 Å². The summed E-state index contributed by atoms with van der Waals surface area (Å²) in [5.41, 5.74) is 0.755. The minimum absolute atomic E-state index is 0.0439. The van der Waals surface area contributed by atoms with Crippen LogP contribution in [0.1, 0.15) is 118 Å². The minimum atomic E-state index is -0.837. The predicted octanol–water partition coefficient (Wildman–Crippen LogP) is 4.47. The van der Waals surface area contributed by atoms with Gasteiger partial charge in [0.2, 0.25) is 0 Å². The highest BCUT2D eigenvalue weighted by Crippen LogP contribution is 2.70. The molecule has 0 aromatic heterocycles. The molecule has 4 saturated heterocycles. The van der Waals surface area contributed by atoms with Crippen molar-refractivity contribution in [1.82, 2.24) is 0 Å². The molecule has 0 bridgehead atoms. The van der Waals surface area contributed by atoms with Crippen LogP contribution < -0.4 is 0 Å². The first-order valence-electron chi connectivity index (χ1n) is 21.4. The highest BCUT2D eigenvalue weighted by Gasteiger charge is 2.68. The molecule has 5 heterocycles. The van der Waals surface area contributed by atoms with E-state index in [-0.39, 0.29) is 41.9 Å². The summed E-state index contributed by atoms with van der Waals surface area (Å²) in [5, 5.41) is 45.0. The lowest BCUT2D eigenvalue weighted by atomic mass is 9.43. The van der Waals surface area contributed by atoms with Crippen molar-refractivity contribution in [1.29, 1.82) is 0 Å². The van der Waals surface area contributed by atoms with Crippen LogP contribution in [0.2, 0.25) is 0 Å². The van der Waals surface area contributed by atoms with Crippen molar-refractivity contribution < 1.29 is 58.3 Å². The molecule has 5 aliphatic heterocycles. The second-order valence-corrected chi connectivity index (χ2v) is 19.3. The maximum Gasteiger partial charge on any atom is 0.188 e. The van der Waals surface area contributed by atoms with Crippen LogP contribution in [0.15, 0.2) is 11.6 Å². The monoisotopic (exact) mass is 762 g/mol. The molecule has 12 heteroatoms. The molecule has 4 aliphatic carbocycles. The van der Waals surface area contributed by atoms with Gasteiger partial charge in [-0.25, -0.2) is 0 Å². The Morgan fingerprint density at radius 2 is 1.33 bits per heavy atom. The molecular formula is C42H66O12. The first kappa shape index (κ1) is 38.8. The average molecular weight is 763 g/mol. The molecule has 306 valence electrons. The van der Waals surface area contributed by atoms with Gasteiger partial charge in [0, 0.05) is 24.7 Å². The van der Waals surface area contributed by atoms with Crippen LogP contribution in [-0.4, -0.2) is 119 Å². The maximum atomic E-state index is 12.7. The summed E-state index contributed by atoms with van der Waals surface area (Å²) in [7, 11) is 0. The van der Waals surface area contributed by atoms with Gasteiger partial charge in [-0.05, 0) is 126 Å². The minimum Gasteiger partial charge on any atom is -0.390 e. The number of hydrogen-bond donors (Lipinski definition) is 4. The SMILES string of the molecule is C[C@@H]1O[C@H](O[C@H]2[C@@H](O)C[C@H](O[C@H]3[C@@H](O)C[C@H](O[C@H]4CC[C@]5(C)C6CC[C@]7(C)[C@@H](C8=CC9OC9OC8)CC[C@]7(O)C6CC[C@@H]5C4)O[C@@H]3C)O[C@@H]2C)CC[C@H]1O. The zero-order chi connectivity index (χ0) is 37.7. The van der Waals surface area contributed by atoms with Crippen LogP contribution in [0.25, 0.3) is 0 Å². The zero-order valence-corrected chi connectivity index (χ0v) is 32.9. The third-order valence-corrected chi connectivity index (χ3v) is 16.4. The third-order valence-electron chi connectivity index (χ3n) is 16.4. The molecule has 9 aliphatic rings. The Hall–Kier alpha value is -0.740. The van der Waals surface area contributed by atoms with E-state index in [1.165, 1.54) is 12.0 Å². The Morgan fingerprint density at radius 1 is 0.648 bits per heavy atom. The topological polar surface area (TPSA) is 158 Å². The summed E-state index contributed by atoms with van der Waals surface area (Å²) in [6.45, 7) is 11.1. The summed E-state index contributed by atoms with van der Waals surface area (Å²) in [4.78, 5) is 0. The number of epoxide rings is 1. The molecule has 4 saturated carbocycles. The number of fused-ring (bicyclic) bond motifs is 6. The number of ether oxygens (including phenoxy) is 8. The van der Waals surface area contributed by atoms with Gasteiger partial charge >= 0.3 is 0 Å². The molecule has 4 N–H and O–H groups in total. The van der Waals surface area contributed by atoms with Crippen molar-refractivity contribution in [2.45, 2.75) is 210 Å². The molecule has 8 fully saturated rings. The lowest BCUT2D eigenvalue weighted by Gasteiger charge is -2.64. The van der Waals surface area contributed by atoms with Gasteiger partial charge in [0.25, 0.3) is 0 Å². The Balaban J connectivity index is 0.767. The van der Waals surface area contributed by atoms with E-state index in [1.807, 2.05) is 20.8 Å². The highest BCUT2D eigenvalue weighted by molar-refractivity contribution is 5.27. The average Bonchev–Trinajstić information content (AvgIpc) is 3.85. The van der Waals surface area contributed by atoms with E-state index in [0.29, 0.717) is 49.5 Å². The molecule has 0 spiro atoms. The van der Waals surface area contributed by atoms with E-state index >= 15 is 0 Å². The predicted molar refractivity (Wildman–Crippen MR) is 193 cm³/mol. The van der Waals surface area contributed by atoms with E-state index < -0.39 is 67.2 Å². The first-order chi connectivity index (χ1) is 25.8. The molecule has 0 aromatic rings. The maximum absolute atomic E-state index is 12.7. The highest BCUT2D eigenvalue weighted by atomic mass is 16.8. The van der Waals surface area contributed by atoms with Crippen LogP contribution in [-0.2, 0) is 37.9 Å². The summed E-state index contributed by atoms with van der Waals surface area (Å²) in [6, 6.07) is 0. The van der Waals surface area contributed by atoms with Crippen LogP contribution in [0.5, 0.6) is 0 Å². The molecule has 21 atom stereocenters. The molecule has 12 nitrogen and oxygen atoms in total. The standard InChI is InChI=1S/C42H66O12/c1-21-30(43)8-9-34(48-21)53-37-22(2)50-36(19-32(37)45)54-38-23(3)49-35(18-31(38)44)51-26-10-13-40(4)25(17-26)6-7-29-28(40)11-14-41(5)27(12-15-42(29,41)46)24-16-33-39(52-33)47-20-24/h16,21-23,25-39,43-46H,6-15,17-20H2,1-5H3/t21-,22+,23+,25+,26-,27+,28?,29?,30+,31-,32-,33?,34+,35-,36-,37+,38+,39?,40-,41+,42-/m0/s1. The van der Waals surface area contributed by atoms with Crippen molar-refractivity contribution in [3.8, 4) is 0 Å². The van der Waals surface area contributed by atoms with Crippen LogP contribution in [0.3, 0.4) is 0 Å². The lowest BCUT2D eigenvalue weighted by Crippen LogP contribution is -2.62. The lowest BCUT2D eigenvalue weighted by molar-refractivity contribution is -0.333. The van der Waals surface area contributed by atoms with Crippen molar-refractivity contribution in [2.24, 2.45) is 34.5 Å². The second kappa shape index (κ2) is 14.5. The molecule has 54 heavy (non-hydrogen) atoms. The van der Waals surface area contributed by atoms with Gasteiger partial charge in [-0.1, -0.05) is 13.8 Å². The van der Waals surface area contributed by atoms with Gasteiger partial charge in [-0.2, -0.15) is 0 Å². The largest absolute Gasteiger partial charge is 0.390 e. The van der Waals surface area contributed by atoms with Crippen molar-refractivity contribution >= 4 is 0 Å². The van der Waals surface area contributed by atoms with Gasteiger partial charge < -0.3 is 58.3 Å². The fourth-order valence-electron chi connectivity index (χ4n) is 13.1. The summed E-state index contributed by atoms with van der Waals surface area (Å²) in [6.07, 6.45) is 7.02. The van der Waals surface area contributed by atoms with E-state index in [1.54, 1.807) is 0 Å². The molecule has 4 unspecified atom stereocenters. The molecule has 9 rings (SSSR count). The Bertz CT molecular complexity index is 1370. The molecule has 0 amide bonds. The molecule has 0 aromatic carbocycles. The fraction of sp³-hybridized carbons (Fsp3) is 0.952. The van der Waals surface area contributed by atoms with Crippen LogP contribution in [0, 0.1) is 34.5 Å². The number of aliphatic hydroxyl groups excluding tert-OH is 3. The Kier molecular flexibility index (Phi) is 10.4. The van der Waals surface area contributed by atoms with Crippen molar-refractivity contribution in [3.05, 3.63) is 11.6 Å². The Morgan fingerprint density at radius 3 is 2.02 bits per heavy atom. The van der Waals surface area contributed by atoms with Gasteiger partial charge in [-0.3, -0.25) is 0 Å². The smallest absolute Gasteiger partial charge is 0.188 e. The third kappa shape index (κ3) is 6.68. The zero-order valence-electron chi connectivity index (χ0n) is 32.9. The molecule has 0 radical (unpaired) electrons. The van der Waals surface area contributed by atoms with E-state index in [0.717, 1.165) is 51.4 Å². The van der Waals surface area contributed by atoms with Gasteiger partial charge in [0.05, 0.1) is 54.9 Å². The number of rotatable bonds is 7. The normalized spacial score (nSPS) is 57.2. The first-order valence-corrected chi connectivity index (χ1v) is 21.4. The van der Waals surface area contributed by atoms with E-state index in [4.69, 9.17) is 37.9 Å². The summed E-state index contributed by atoms with van der Waals surface area (Å²) in [5.74, 6) is 1.73. The van der Waals surface area contributed by atoms with E-state index in [2.05, 4.69) is 19.9 Å². The number of aliphatic hydroxyl groups is 4. The van der Waals surface area contributed by atoms with Crippen molar-refractivity contribution in [3.63, 3.8) is 0 Å². The van der Waals surface area contributed by atoms with E-state index in [9.17, 15) is 20.4 Å². The number of hydrogen-bond acceptors (Lipinski definition) is 12.